The Hall–Kier alpha value is -2.86. The molecule has 1 aromatic heterocycles. The topological polar surface area (TPSA) is 71.7 Å². The first-order valence-electron chi connectivity index (χ1n) is 7.37. The monoisotopic (exact) mass is 329 g/mol. The Labute approximate surface area is 137 Å². The van der Waals surface area contributed by atoms with Crippen molar-refractivity contribution in [3.63, 3.8) is 0 Å². The van der Waals surface area contributed by atoms with Gasteiger partial charge in [-0.25, -0.2) is 4.39 Å². The Kier molecular flexibility index (Phi) is 4.48. The van der Waals surface area contributed by atoms with Crippen LogP contribution in [-0.4, -0.2) is 24.7 Å². The number of carbonyl (C=O) groups is 1. The second kappa shape index (κ2) is 6.72. The lowest BCUT2D eigenvalue weighted by Crippen LogP contribution is -2.28. The maximum absolute atomic E-state index is 12.9. The summed E-state index contributed by atoms with van der Waals surface area (Å²) in [5, 5.41) is 13.4. The van der Waals surface area contributed by atoms with Gasteiger partial charge in [-0.3, -0.25) is 4.79 Å². The SMILES string of the molecule is COc1cccc2cc(C(=O)NCC(O)c3ccc(F)cc3)oc12. The van der Waals surface area contributed by atoms with Gasteiger partial charge in [0.2, 0.25) is 0 Å². The summed E-state index contributed by atoms with van der Waals surface area (Å²) in [6.45, 7) is -0.0152. The molecule has 3 aromatic rings. The number of rotatable bonds is 5. The number of aliphatic hydroxyl groups is 1. The van der Waals surface area contributed by atoms with Crippen LogP contribution in [0.25, 0.3) is 11.0 Å². The number of halogens is 1. The zero-order valence-electron chi connectivity index (χ0n) is 13.0. The lowest BCUT2D eigenvalue weighted by Gasteiger charge is -2.11. The Morgan fingerprint density at radius 3 is 2.75 bits per heavy atom. The average Bonchev–Trinajstić information content (AvgIpc) is 3.04. The molecule has 1 unspecified atom stereocenters. The molecule has 1 amide bonds. The number of hydrogen-bond donors (Lipinski definition) is 2. The highest BCUT2D eigenvalue weighted by atomic mass is 19.1. The molecule has 1 atom stereocenters. The predicted octanol–water partition coefficient (Wildman–Crippen LogP) is 3.04. The van der Waals surface area contributed by atoms with E-state index in [1.54, 1.807) is 18.2 Å². The van der Waals surface area contributed by atoms with Gasteiger partial charge in [0, 0.05) is 11.9 Å². The predicted molar refractivity (Wildman–Crippen MR) is 86.5 cm³/mol. The molecule has 2 aromatic carbocycles. The number of amides is 1. The van der Waals surface area contributed by atoms with Crippen LogP contribution in [0.3, 0.4) is 0 Å². The summed E-state index contributed by atoms with van der Waals surface area (Å²) < 4.78 is 23.6. The van der Waals surface area contributed by atoms with E-state index in [4.69, 9.17) is 9.15 Å². The summed E-state index contributed by atoms with van der Waals surface area (Å²) in [6.07, 6.45) is -0.937. The Morgan fingerprint density at radius 2 is 2.04 bits per heavy atom. The van der Waals surface area contributed by atoms with Crippen LogP contribution in [0.5, 0.6) is 5.75 Å². The van der Waals surface area contributed by atoms with E-state index in [-0.39, 0.29) is 18.1 Å². The van der Waals surface area contributed by atoms with Gasteiger partial charge in [0.05, 0.1) is 13.2 Å². The van der Waals surface area contributed by atoms with Gasteiger partial charge in [0.25, 0.3) is 5.91 Å². The van der Waals surface area contributed by atoms with E-state index >= 15 is 0 Å². The molecule has 6 heteroatoms. The van der Waals surface area contributed by atoms with Crippen molar-refractivity contribution >= 4 is 16.9 Å². The van der Waals surface area contributed by atoms with Crippen molar-refractivity contribution in [3.8, 4) is 5.75 Å². The molecule has 24 heavy (non-hydrogen) atoms. The van der Waals surface area contributed by atoms with Crippen molar-refractivity contribution in [3.05, 3.63) is 65.7 Å². The molecule has 5 nitrogen and oxygen atoms in total. The first-order valence-corrected chi connectivity index (χ1v) is 7.37. The standard InChI is InChI=1S/C18H16FNO4/c1-23-15-4-2-3-12-9-16(24-17(12)15)18(22)20-10-14(21)11-5-7-13(19)8-6-11/h2-9,14,21H,10H2,1H3,(H,20,22). The van der Waals surface area contributed by atoms with Gasteiger partial charge in [-0.1, -0.05) is 24.3 Å². The molecule has 0 saturated heterocycles. The van der Waals surface area contributed by atoms with E-state index in [2.05, 4.69) is 5.32 Å². The van der Waals surface area contributed by atoms with E-state index < -0.39 is 12.0 Å². The number of aliphatic hydroxyl groups excluding tert-OH is 1. The molecule has 0 saturated carbocycles. The summed E-state index contributed by atoms with van der Waals surface area (Å²) >= 11 is 0. The van der Waals surface area contributed by atoms with Gasteiger partial charge in [-0.2, -0.15) is 0 Å². The Bertz CT molecular complexity index is 857. The number of para-hydroxylation sites is 1. The molecule has 0 bridgehead atoms. The zero-order valence-corrected chi connectivity index (χ0v) is 13.0. The Morgan fingerprint density at radius 1 is 1.29 bits per heavy atom. The fourth-order valence-electron chi connectivity index (χ4n) is 2.39. The maximum atomic E-state index is 12.9. The number of carbonyl (C=O) groups excluding carboxylic acids is 1. The van der Waals surface area contributed by atoms with Crippen molar-refractivity contribution in [2.24, 2.45) is 0 Å². The van der Waals surface area contributed by atoms with Crippen LogP contribution < -0.4 is 10.1 Å². The van der Waals surface area contributed by atoms with Gasteiger partial charge in [-0.15, -0.1) is 0 Å². The number of nitrogens with one attached hydrogen (secondary N) is 1. The lowest BCUT2D eigenvalue weighted by molar-refractivity contribution is 0.0891. The van der Waals surface area contributed by atoms with Crippen molar-refractivity contribution in [2.75, 3.05) is 13.7 Å². The molecule has 0 radical (unpaired) electrons. The van der Waals surface area contributed by atoms with Gasteiger partial charge >= 0.3 is 0 Å². The fraction of sp³-hybridized carbons (Fsp3) is 0.167. The second-order valence-electron chi connectivity index (χ2n) is 5.27. The summed E-state index contributed by atoms with van der Waals surface area (Å²) in [4.78, 5) is 12.2. The molecular weight excluding hydrogens is 313 g/mol. The maximum Gasteiger partial charge on any atom is 0.287 e. The minimum atomic E-state index is -0.937. The van der Waals surface area contributed by atoms with Crippen molar-refractivity contribution in [1.29, 1.82) is 0 Å². The highest BCUT2D eigenvalue weighted by molar-refractivity contribution is 5.97. The van der Waals surface area contributed by atoms with Crippen LogP contribution in [0.2, 0.25) is 0 Å². The molecule has 0 spiro atoms. The van der Waals surface area contributed by atoms with Crippen LogP contribution in [0, 0.1) is 5.82 Å². The van der Waals surface area contributed by atoms with Crippen molar-refractivity contribution < 1.29 is 23.4 Å². The van der Waals surface area contributed by atoms with Crippen LogP contribution in [0.15, 0.2) is 52.9 Å². The minimum Gasteiger partial charge on any atom is -0.493 e. The first kappa shape index (κ1) is 16.0. The number of furan rings is 1. The third-order valence-corrected chi connectivity index (χ3v) is 3.66. The summed E-state index contributed by atoms with van der Waals surface area (Å²) in [7, 11) is 1.52. The molecule has 2 N–H and O–H groups in total. The van der Waals surface area contributed by atoms with Gasteiger partial charge < -0.3 is 19.6 Å². The molecule has 0 aliphatic rings. The molecule has 1 heterocycles. The van der Waals surface area contributed by atoms with Crippen molar-refractivity contribution in [1.82, 2.24) is 5.32 Å². The van der Waals surface area contributed by atoms with Crippen LogP contribution in [-0.2, 0) is 0 Å². The molecule has 0 fully saturated rings. The highest BCUT2D eigenvalue weighted by Crippen LogP contribution is 2.28. The minimum absolute atomic E-state index is 0.0152. The van der Waals surface area contributed by atoms with E-state index in [9.17, 15) is 14.3 Å². The highest BCUT2D eigenvalue weighted by Gasteiger charge is 2.16. The van der Waals surface area contributed by atoms with Crippen LogP contribution in [0.4, 0.5) is 4.39 Å². The number of ether oxygens (including phenoxy) is 1. The van der Waals surface area contributed by atoms with Crippen LogP contribution in [0.1, 0.15) is 22.2 Å². The van der Waals surface area contributed by atoms with Crippen molar-refractivity contribution in [2.45, 2.75) is 6.10 Å². The van der Waals surface area contributed by atoms with E-state index in [0.29, 0.717) is 16.9 Å². The fourth-order valence-corrected chi connectivity index (χ4v) is 2.39. The van der Waals surface area contributed by atoms with Gasteiger partial charge in [0.1, 0.15) is 5.82 Å². The normalized spacial score (nSPS) is 12.1. The summed E-state index contributed by atoms with van der Waals surface area (Å²) in [5.41, 5.74) is 1.01. The third kappa shape index (κ3) is 3.23. The van der Waals surface area contributed by atoms with Gasteiger partial charge in [-0.05, 0) is 29.8 Å². The Balaban J connectivity index is 1.70. The molecule has 3 rings (SSSR count). The number of benzene rings is 2. The molecule has 124 valence electrons. The summed E-state index contributed by atoms with van der Waals surface area (Å²) in [5.74, 6) is -0.167. The average molecular weight is 329 g/mol. The van der Waals surface area contributed by atoms with E-state index in [1.807, 2.05) is 6.07 Å². The van der Waals surface area contributed by atoms with E-state index in [0.717, 1.165) is 5.39 Å². The van der Waals surface area contributed by atoms with Gasteiger partial charge in [0.15, 0.2) is 17.1 Å². The van der Waals surface area contributed by atoms with Crippen LogP contribution >= 0.6 is 0 Å². The number of methoxy groups -OCH3 is 1. The molecule has 0 aliphatic heterocycles. The smallest absolute Gasteiger partial charge is 0.287 e. The quantitative estimate of drug-likeness (QED) is 0.755. The lowest BCUT2D eigenvalue weighted by atomic mass is 10.1. The first-order chi connectivity index (χ1) is 11.6. The molecule has 0 aliphatic carbocycles. The third-order valence-electron chi connectivity index (χ3n) is 3.66. The van der Waals surface area contributed by atoms with E-state index in [1.165, 1.54) is 31.4 Å². The largest absolute Gasteiger partial charge is 0.493 e. The number of hydrogen-bond acceptors (Lipinski definition) is 4. The second-order valence-corrected chi connectivity index (χ2v) is 5.27. The number of fused-ring (bicyclic) bond motifs is 1. The zero-order chi connectivity index (χ0) is 17.1. The molecular formula is C18H16FNO4. The summed E-state index contributed by atoms with van der Waals surface area (Å²) in [6, 6.07) is 12.4.